The number of hydrogen-bond donors (Lipinski definition) is 0. The van der Waals surface area contributed by atoms with Crippen LogP contribution in [-0.4, -0.2) is 54.9 Å². The van der Waals surface area contributed by atoms with Crippen molar-refractivity contribution in [2.75, 3.05) is 0 Å². The van der Waals surface area contributed by atoms with Crippen molar-refractivity contribution in [2.24, 2.45) is 0 Å². The topological polar surface area (TPSA) is 0 Å². The standard InChI is InChI=1S/C2H6.7CH3B/c8*1-2/h1-2H3;7*1H3. The van der Waals surface area contributed by atoms with Gasteiger partial charge in [0.25, 0.3) is 0 Å². The molecule has 0 spiro atoms. The Bertz CT molecular complexity index is 15.8. The van der Waals surface area contributed by atoms with Crippen molar-refractivity contribution in [1.82, 2.24) is 0 Å². The molecule has 0 nitrogen and oxygen atoms in total. The lowest BCUT2D eigenvalue weighted by Crippen LogP contribution is -1.13. The van der Waals surface area contributed by atoms with Crippen LogP contribution in [0.2, 0.25) is 47.8 Å². The Morgan fingerprint density at radius 3 is 0.250 bits per heavy atom. The lowest BCUT2D eigenvalue weighted by Gasteiger charge is -1.07. The Morgan fingerprint density at radius 2 is 0.250 bits per heavy atom. The van der Waals surface area contributed by atoms with Gasteiger partial charge in [-0.2, -0.15) is 0 Å². The van der Waals surface area contributed by atoms with Crippen LogP contribution in [0.3, 0.4) is 0 Å². The van der Waals surface area contributed by atoms with Gasteiger partial charge in [0.2, 0.25) is 0 Å². The van der Waals surface area contributed by atoms with E-state index in [-0.39, 0.29) is 0 Å². The molecule has 84 valence electrons. The molecule has 0 N–H and O–H groups in total. The zero-order valence-corrected chi connectivity index (χ0v) is 13.0. The highest BCUT2D eigenvalue weighted by Crippen LogP contribution is 1.14. The average molecular weight is 211 g/mol. The summed E-state index contributed by atoms with van der Waals surface area (Å²) in [5.41, 5.74) is 0. The molecule has 0 atom stereocenters. The number of hydrogen-bond acceptors (Lipinski definition) is 0. The maximum absolute atomic E-state index is 4.50. The Morgan fingerprint density at radius 1 is 0.250 bits per heavy atom. The molecule has 0 aliphatic rings. The van der Waals surface area contributed by atoms with Gasteiger partial charge in [-0.15, -0.1) is 0 Å². The van der Waals surface area contributed by atoms with Gasteiger partial charge in [0, 0.05) is 0 Å². The minimum atomic E-state index is 1.50. The van der Waals surface area contributed by atoms with Gasteiger partial charge >= 0.3 is 0 Å². The third kappa shape index (κ3) is 12700. The Kier molecular flexibility index (Phi) is 53700. The highest BCUT2D eigenvalue weighted by atomic mass is 13.0. The van der Waals surface area contributed by atoms with E-state index in [1.807, 2.05) is 13.8 Å². The molecule has 0 bridgehead atoms. The normalized spacial score (nSPS) is 2.56. The summed E-state index contributed by atoms with van der Waals surface area (Å²) >= 11 is 0. The highest BCUT2D eigenvalue weighted by Gasteiger charge is 0.996. The molecule has 0 saturated heterocycles. The lowest BCUT2D eigenvalue weighted by atomic mass is 10.2. The monoisotopic (exact) mass is 212 g/mol. The quantitative estimate of drug-likeness (QED) is 0.540. The van der Waals surface area contributed by atoms with E-state index in [0.717, 1.165) is 0 Å². The first kappa shape index (κ1) is 55.0. The Labute approximate surface area is 117 Å². The second-order valence-corrected chi connectivity index (χ2v) is 0. The van der Waals surface area contributed by atoms with E-state index < -0.39 is 0 Å². The molecular formula is C9H27B7. The maximum Gasteiger partial charge on any atom is 0.0606 e. The minimum Gasteiger partial charge on any atom is -0.0999 e. The summed E-state index contributed by atoms with van der Waals surface area (Å²) in [5, 5.41) is 0. The molecular weight excluding hydrogens is 184 g/mol. The van der Waals surface area contributed by atoms with E-state index >= 15 is 0 Å². The molecule has 0 aromatic rings. The van der Waals surface area contributed by atoms with Gasteiger partial charge in [-0.1, -0.05) is 61.6 Å². The molecule has 0 unspecified atom stereocenters. The highest BCUT2D eigenvalue weighted by molar-refractivity contribution is 6.06. The smallest absolute Gasteiger partial charge is 0.0606 e. The van der Waals surface area contributed by atoms with Crippen LogP contribution in [-0.2, 0) is 0 Å². The molecule has 0 aliphatic heterocycles. The molecule has 0 fully saturated rings. The second kappa shape index (κ2) is 15600. The summed E-state index contributed by atoms with van der Waals surface area (Å²) in [6.07, 6.45) is 0. The predicted molar refractivity (Wildman–Crippen MR) is 92.7 cm³/mol. The Balaban J connectivity index is -0.00000000762. The van der Waals surface area contributed by atoms with E-state index in [9.17, 15) is 0 Å². The average Bonchev–Trinajstić information content (AvgIpc) is 2.54. The van der Waals surface area contributed by atoms with Crippen molar-refractivity contribution >= 4 is 54.9 Å². The summed E-state index contributed by atoms with van der Waals surface area (Å²) < 4.78 is 0. The molecule has 14 radical (unpaired) electrons. The summed E-state index contributed by atoms with van der Waals surface area (Å²) in [6, 6.07) is 0. The van der Waals surface area contributed by atoms with Gasteiger partial charge in [-0.05, 0) is 0 Å². The van der Waals surface area contributed by atoms with Gasteiger partial charge < -0.3 is 0 Å². The summed E-state index contributed by atoms with van der Waals surface area (Å²) in [5.74, 6) is 0. The van der Waals surface area contributed by atoms with Crippen LogP contribution in [0.15, 0.2) is 0 Å². The SMILES string of the molecule is CC.[B]C.[B]C.[B]C.[B]C.[B]C.[B]C.[B]C. The lowest BCUT2D eigenvalue weighted by molar-refractivity contribution is 1.50. The maximum atomic E-state index is 4.50. The van der Waals surface area contributed by atoms with Crippen LogP contribution in [0.1, 0.15) is 13.8 Å². The molecule has 0 aliphatic carbocycles. The fraction of sp³-hybridized carbons (Fsp3) is 1.00. The Hall–Kier alpha value is 0.455. The van der Waals surface area contributed by atoms with Crippen LogP contribution >= 0.6 is 0 Å². The minimum absolute atomic E-state index is 1.50. The zero-order valence-electron chi connectivity index (χ0n) is 13.0. The van der Waals surface area contributed by atoms with E-state index in [0.29, 0.717) is 0 Å². The predicted octanol–water partition coefficient (Wildman–Crippen LogP) is 2.45. The van der Waals surface area contributed by atoms with Crippen LogP contribution in [0.5, 0.6) is 0 Å². The van der Waals surface area contributed by atoms with E-state index in [1.165, 1.54) is 47.8 Å². The van der Waals surface area contributed by atoms with Crippen molar-refractivity contribution < 1.29 is 0 Å². The molecule has 0 amide bonds. The van der Waals surface area contributed by atoms with Crippen LogP contribution in [0.25, 0.3) is 0 Å². The first-order valence-electron chi connectivity index (χ1n) is 5.04. The van der Waals surface area contributed by atoms with Gasteiger partial charge in [0.1, 0.15) is 0 Å². The zero-order chi connectivity index (χ0) is 16.0. The van der Waals surface area contributed by atoms with E-state index in [1.54, 1.807) is 0 Å². The summed E-state index contributed by atoms with van der Waals surface area (Å²) in [7, 11) is 31.5. The third-order valence-corrected chi connectivity index (χ3v) is 0. The fourth-order valence-electron chi connectivity index (χ4n) is 0. The van der Waals surface area contributed by atoms with Crippen molar-refractivity contribution in [2.45, 2.75) is 61.6 Å². The van der Waals surface area contributed by atoms with Gasteiger partial charge in [-0.25, -0.2) is 0 Å². The number of rotatable bonds is 0. The van der Waals surface area contributed by atoms with Crippen molar-refractivity contribution in [1.29, 1.82) is 0 Å². The van der Waals surface area contributed by atoms with Gasteiger partial charge in [0.05, 0.1) is 54.9 Å². The van der Waals surface area contributed by atoms with Crippen molar-refractivity contribution in [3.63, 3.8) is 0 Å². The van der Waals surface area contributed by atoms with Crippen molar-refractivity contribution in [3.05, 3.63) is 0 Å². The van der Waals surface area contributed by atoms with E-state index in [4.69, 9.17) is 0 Å². The van der Waals surface area contributed by atoms with Crippen LogP contribution in [0, 0.1) is 0 Å². The van der Waals surface area contributed by atoms with Gasteiger partial charge in [0.15, 0.2) is 0 Å². The largest absolute Gasteiger partial charge is 0.0999 e. The summed E-state index contributed by atoms with van der Waals surface area (Å²) in [6.45, 7) is 14.5. The van der Waals surface area contributed by atoms with Gasteiger partial charge in [-0.3, -0.25) is 0 Å². The molecule has 16 heavy (non-hydrogen) atoms. The molecule has 0 saturated carbocycles. The van der Waals surface area contributed by atoms with E-state index in [2.05, 4.69) is 54.9 Å². The molecule has 0 heterocycles. The first-order chi connectivity index (χ1) is 8.00. The second-order valence-electron chi connectivity index (χ2n) is 0. The third-order valence-electron chi connectivity index (χ3n) is 0. The van der Waals surface area contributed by atoms with Crippen LogP contribution in [0.4, 0.5) is 0 Å². The summed E-state index contributed by atoms with van der Waals surface area (Å²) in [4.78, 5) is 0. The fourth-order valence-corrected chi connectivity index (χ4v) is 0. The molecule has 0 aromatic heterocycles. The molecule has 7 heteroatoms. The van der Waals surface area contributed by atoms with Crippen molar-refractivity contribution in [3.8, 4) is 0 Å². The van der Waals surface area contributed by atoms with Crippen LogP contribution < -0.4 is 0 Å². The molecule has 0 aromatic carbocycles. The molecule has 0 rings (SSSR count). The first-order valence-corrected chi connectivity index (χ1v) is 5.04.